The Bertz CT molecular complexity index is 280. The minimum Gasteiger partial charge on any atom is -0.316 e. The summed E-state index contributed by atoms with van der Waals surface area (Å²) in [6.45, 7) is 1.72. The standard InChI is InChI=1S/C8H9ClFNO/c1-5(11-12)7-3-2-6(10)4-8(7)9/h2-5,11-12H,1H3/t5-/m0/s1. The molecule has 1 aromatic carbocycles. The Kier molecular flexibility index (Phi) is 3.03. The largest absolute Gasteiger partial charge is 0.316 e. The van der Waals surface area contributed by atoms with Crippen LogP contribution in [0.4, 0.5) is 4.39 Å². The third-order valence-electron chi connectivity index (χ3n) is 1.62. The monoisotopic (exact) mass is 189 g/mol. The van der Waals surface area contributed by atoms with Gasteiger partial charge in [0.2, 0.25) is 0 Å². The number of rotatable bonds is 2. The van der Waals surface area contributed by atoms with Gasteiger partial charge in [-0.3, -0.25) is 0 Å². The smallest absolute Gasteiger partial charge is 0.124 e. The van der Waals surface area contributed by atoms with E-state index in [0.717, 1.165) is 0 Å². The van der Waals surface area contributed by atoms with Crippen LogP contribution >= 0.6 is 11.6 Å². The van der Waals surface area contributed by atoms with Crippen molar-refractivity contribution >= 4 is 11.6 Å². The molecule has 2 N–H and O–H groups in total. The molecule has 0 amide bonds. The van der Waals surface area contributed by atoms with Crippen LogP contribution in [0.1, 0.15) is 18.5 Å². The molecule has 0 radical (unpaired) electrons. The molecule has 1 atom stereocenters. The molecule has 4 heteroatoms. The van der Waals surface area contributed by atoms with Crippen molar-refractivity contribution in [1.82, 2.24) is 5.48 Å². The summed E-state index contributed by atoms with van der Waals surface area (Å²) in [4.78, 5) is 0. The first-order valence-corrected chi connectivity index (χ1v) is 3.87. The van der Waals surface area contributed by atoms with Crippen LogP contribution in [-0.2, 0) is 0 Å². The SMILES string of the molecule is C[C@H](NO)c1ccc(F)cc1Cl. The van der Waals surface area contributed by atoms with E-state index >= 15 is 0 Å². The summed E-state index contributed by atoms with van der Waals surface area (Å²) in [7, 11) is 0. The zero-order valence-electron chi connectivity index (χ0n) is 6.51. The number of halogens is 2. The lowest BCUT2D eigenvalue weighted by Crippen LogP contribution is -2.13. The summed E-state index contributed by atoms with van der Waals surface area (Å²) in [6.07, 6.45) is 0. The molecule has 0 aliphatic carbocycles. The lowest BCUT2D eigenvalue weighted by molar-refractivity contribution is 0.133. The minimum atomic E-state index is -0.381. The van der Waals surface area contributed by atoms with Gasteiger partial charge in [0, 0.05) is 5.02 Å². The van der Waals surface area contributed by atoms with Gasteiger partial charge in [0.15, 0.2) is 0 Å². The van der Waals surface area contributed by atoms with Gasteiger partial charge in [0.05, 0.1) is 6.04 Å². The molecule has 0 aliphatic heterocycles. The number of hydrogen-bond donors (Lipinski definition) is 2. The summed E-state index contributed by atoms with van der Waals surface area (Å²) in [6, 6.07) is 3.75. The molecule has 0 saturated carbocycles. The first kappa shape index (κ1) is 9.45. The Morgan fingerprint density at radius 1 is 1.58 bits per heavy atom. The van der Waals surface area contributed by atoms with Crippen LogP contribution in [0, 0.1) is 5.82 Å². The first-order valence-electron chi connectivity index (χ1n) is 3.49. The van der Waals surface area contributed by atoms with E-state index in [1.54, 1.807) is 6.92 Å². The molecule has 12 heavy (non-hydrogen) atoms. The Morgan fingerprint density at radius 2 is 2.25 bits per heavy atom. The summed E-state index contributed by atoms with van der Waals surface area (Å²) >= 11 is 5.71. The molecule has 0 unspecified atom stereocenters. The van der Waals surface area contributed by atoms with Gasteiger partial charge in [0.25, 0.3) is 0 Å². The minimum absolute atomic E-state index is 0.293. The molecule has 0 aromatic heterocycles. The molecular formula is C8H9ClFNO. The highest BCUT2D eigenvalue weighted by atomic mass is 35.5. The van der Waals surface area contributed by atoms with Crippen LogP contribution in [0.2, 0.25) is 5.02 Å². The van der Waals surface area contributed by atoms with Crippen molar-refractivity contribution < 1.29 is 9.60 Å². The fraction of sp³-hybridized carbons (Fsp3) is 0.250. The number of hydroxylamine groups is 1. The van der Waals surface area contributed by atoms with Crippen molar-refractivity contribution in [2.75, 3.05) is 0 Å². The lowest BCUT2D eigenvalue weighted by Gasteiger charge is -2.10. The molecule has 1 rings (SSSR count). The fourth-order valence-electron chi connectivity index (χ4n) is 0.922. The third-order valence-corrected chi connectivity index (χ3v) is 1.95. The molecule has 0 spiro atoms. The van der Waals surface area contributed by atoms with Crippen molar-refractivity contribution in [2.45, 2.75) is 13.0 Å². The molecule has 0 heterocycles. The van der Waals surface area contributed by atoms with Crippen molar-refractivity contribution in [3.05, 3.63) is 34.6 Å². The summed E-state index contributed by atoms with van der Waals surface area (Å²) < 4.78 is 12.5. The second-order valence-corrected chi connectivity index (χ2v) is 2.92. The maximum atomic E-state index is 12.5. The molecule has 0 bridgehead atoms. The molecule has 0 saturated heterocycles. The lowest BCUT2D eigenvalue weighted by atomic mass is 10.1. The number of hydrogen-bond acceptors (Lipinski definition) is 2. The fourth-order valence-corrected chi connectivity index (χ4v) is 1.25. The van der Waals surface area contributed by atoms with Crippen molar-refractivity contribution in [3.63, 3.8) is 0 Å². The Balaban J connectivity index is 3.01. The van der Waals surface area contributed by atoms with E-state index in [0.29, 0.717) is 10.6 Å². The molecule has 1 aromatic rings. The van der Waals surface area contributed by atoms with E-state index < -0.39 is 0 Å². The maximum Gasteiger partial charge on any atom is 0.124 e. The van der Waals surface area contributed by atoms with Crippen LogP contribution in [-0.4, -0.2) is 5.21 Å². The van der Waals surface area contributed by atoms with Crippen LogP contribution in [0.25, 0.3) is 0 Å². The first-order chi connectivity index (χ1) is 5.65. The highest BCUT2D eigenvalue weighted by molar-refractivity contribution is 6.31. The van der Waals surface area contributed by atoms with Gasteiger partial charge >= 0.3 is 0 Å². The number of benzene rings is 1. The topological polar surface area (TPSA) is 32.3 Å². The quantitative estimate of drug-likeness (QED) is 0.701. The van der Waals surface area contributed by atoms with Gasteiger partial charge in [-0.1, -0.05) is 17.7 Å². The zero-order valence-corrected chi connectivity index (χ0v) is 7.27. The van der Waals surface area contributed by atoms with Gasteiger partial charge in [-0.05, 0) is 24.6 Å². The summed E-state index contributed by atoms with van der Waals surface area (Å²) in [5, 5.41) is 8.89. The Hall–Kier alpha value is -0.640. The van der Waals surface area contributed by atoms with Crippen LogP contribution in [0.5, 0.6) is 0 Å². The second kappa shape index (κ2) is 3.85. The molecule has 0 aliphatic rings. The van der Waals surface area contributed by atoms with Crippen LogP contribution in [0.3, 0.4) is 0 Å². The molecule has 2 nitrogen and oxygen atoms in total. The van der Waals surface area contributed by atoms with Crippen molar-refractivity contribution in [2.24, 2.45) is 0 Å². The van der Waals surface area contributed by atoms with E-state index in [4.69, 9.17) is 16.8 Å². The Morgan fingerprint density at radius 3 is 2.75 bits per heavy atom. The second-order valence-electron chi connectivity index (χ2n) is 2.52. The van der Waals surface area contributed by atoms with E-state index in [-0.39, 0.29) is 11.9 Å². The average molecular weight is 190 g/mol. The van der Waals surface area contributed by atoms with Crippen molar-refractivity contribution in [1.29, 1.82) is 0 Å². The summed E-state index contributed by atoms with van der Waals surface area (Å²) in [5.41, 5.74) is 2.70. The van der Waals surface area contributed by atoms with Crippen LogP contribution in [0.15, 0.2) is 18.2 Å². The Labute approximate surface area is 74.9 Å². The van der Waals surface area contributed by atoms with E-state index in [1.165, 1.54) is 18.2 Å². The number of nitrogens with one attached hydrogen (secondary N) is 1. The van der Waals surface area contributed by atoms with Gasteiger partial charge < -0.3 is 5.21 Å². The summed E-state index contributed by atoms with van der Waals surface area (Å²) in [5.74, 6) is -0.381. The molecular weight excluding hydrogens is 181 g/mol. The van der Waals surface area contributed by atoms with E-state index in [1.807, 2.05) is 5.48 Å². The molecule has 0 fully saturated rings. The van der Waals surface area contributed by atoms with Crippen LogP contribution < -0.4 is 5.48 Å². The zero-order chi connectivity index (χ0) is 9.14. The third kappa shape index (κ3) is 1.94. The maximum absolute atomic E-state index is 12.5. The van der Waals surface area contributed by atoms with Gasteiger partial charge in [-0.15, -0.1) is 0 Å². The van der Waals surface area contributed by atoms with Crippen molar-refractivity contribution in [3.8, 4) is 0 Å². The van der Waals surface area contributed by atoms with E-state index in [2.05, 4.69) is 0 Å². The van der Waals surface area contributed by atoms with Gasteiger partial charge in [0.1, 0.15) is 5.82 Å². The van der Waals surface area contributed by atoms with E-state index in [9.17, 15) is 4.39 Å². The predicted octanol–water partition coefficient (Wildman–Crippen LogP) is 2.52. The predicted molar refractivity (Wildman–Crippen MR) is 44.7 cm³/mol. The normalized spacial score (nSPS) is 13.0. The highest BCUT2D eigenvalue weighted by Crippen LogP contribution is 2.22. The van der Waals surface area contributed by atoms with Gasteiger partial charge in [-0.2, -0.15) is 5.48 Å². The average Bonchev–Trinajstić information content (AvgIpc) is 2.03. The van der Waals surface area contributed by atoms with Gasteiger partial charge in [-0.25, -0.2) is 4.39 Å². The molecule has 66 valence electrons. The highest BCUT2D eigenvalue weighted by Gasteiger charge is 2.08.